The number of benzene rings is 1. The minimum Gasteiger partial charge on any atom is -0.457 e. The number of furan rings is 1. The third kappa shape index (κ3) is 3.36. The second-order valence-electron chi connectivity index (χ2n) is 6.38. The third-order valence-electron chi connectivity index (χ3n) is 4.41. The molecule has 2 aliphatic heterocycles. The van der Waals surface area contributed by atoms with Gasteiger partial charge >= 0.3 is 0 Å². The van der Waals surface area contributed by atoms with Crippen molar-refractivity contribution in [3.05, 3.63) is 82.8 Å². The Morgan fingerprint density at radius 1 is 1.10 bits per heavy atom. The van der Waals surface area contributed by atoms with Crippen molar-refractivity contribution in [2.45, 2.75) is 0 Å². The first-order chi connectivity index (χ1) is 14.6. The van der Waals surface area contributed by atoms with Gasteiger partial charge in [0.15, 0.2) is 5.84 Å². The van der Waals surface area contributed by atoms with E-state index in [9.17, 15) is 4.79 Å². The summed E-state index contributed by atoms with van der Waals surface area (Å²) in [7, 11) is 0. The largest absolute Gasteiger partial charge is 0.457 e. The molecule has 1 N–H and O–H groups in total. The summed E-state index contributed by atoms with van der Waals surface area (Å²) >= 11 is 7.15. The van der Waals surface area contributed by atoms with E-state index in [1.807, 2.05) is 18.2 Å². The van der Waals surface area contributed by atoms with E-state index in [0.29, 0.717) is 26.8 Å². The number of nitrogens with zero attached hydrogens (tertiary/aromatic N) is 4. The lowest BCUT2D eigenvalue weighted by molar-refractivity contribution is -0.114. The maximum Gasteiger partial charge on any atom is 0.283 e. The molecule has 7 nitrogen and oxygen atoms in total. The van der Waals surface area contributed by atoms with Crippen LogP contribution in [0.25, 0.3) is 17.4 Å². The van der Waals surface area contributed by atoms with Crippen molar-refractivity contribution in [2.75, 3.05) is 0 Å². The molecule has 0 unspecified atom stereocenters. The maximum absolute atomic E-state index is 12.6. The van der Waals surface area contributed by atoms with Gasteiger partial charge in [0.25, 0.3) is 5.91 Å². The highest BCUT2D eigenvalue weighted by Crippen LogP contribution is 2.31. The Morgan fingerprint density at radius 3 is 2.70 bits per heavy atom. The van der Waals surface area contributed by atoms with E-state index in [1.165, 1.54) is 22.8 Å². The summed E-state index contributed by atoms with van der Waals surface area (Å²) in [5.74, 6) is 0.507. The van der Waals surface area contributed by atoms with E-state index in [2.05, 4.69) is 15.1 Å². The van der Waals surface area contributed by atoms with Crippen LogP contribution in [0.2, 0.25) is 5.02 Å². The Bertz CT molecular complexity index is 1260. The Morgan fingerprint density at radius 2 is 1.93 bits per heavy atom. The van der Waals surface area contributed by atoms with E-state index in [-0.39, 0.29) is 11.4 Å². The number of fused-ring (bicyclic) bond motifs is 1. The second kappa shape index (κ2) is 7.40. The number of amides is 1. The lowest BCUT2D eigenvalue weighted by Gasteiger charge is -2.19. The fraction of sp³-hybridized carbons (Fsp3) is 0. The number of rotatable bonds is 3. The Kier molecular flexibility index (Phi) is 4.57. The standard InChI is InChI=1S/C21H12ClN5O2S/c22-14-5-3-12(4-6-14)17-8-7-15(29-17)10-16-18(23)27-21(25-19(16)28)30-20(26-27)13-2-1-9-24-11-13/h1-11,23H/b16-10-,23-18?. The molecule has 2 aliphatic rings. The molecule has 0 saturated carbocycles. The van der Waals surface area contributed by atoms with Crippen molar-refractivity contribution < 1.29 is 9.21 Å². The zero-order valence-corrected chi connectivity index (χ0v) is 16.8. The fourth-order valence-corrected chi connectivity index (χ4v) is 3.95. The average molecular weight is 434 g/mol. The van der Waals surface area contributed by atoms with Gasteiger partial charge < -0.3 is 4.42 Å². The van der Waals surface area contributed by atoms with Crippen molar-refractivity contribution >= 4 is 51.4 Å². The summed E-state index contributed by atoms with van der Waals surface area (Å²) in [5.41, 5.74) is 1.76. The van der Waals surface area contributed by atoms with Gasteiger partial charge in [-0.15, -0.1) is 0 Å². The molecule has 3 aromatic rings. The lowest BCUT2D eigenvalue weighted by atomic mass is 10.1. The van der Waals surface area contributed by atoms with Crippen LogP contribution in [-0.4, -0.2) is 31.9 Å². The average Bonchev–Trinajstić information content (AvgIpc) is 3.40. The van der Waals surface area contributed by atoms with Gasteiger partial charge in [-0.05, 0) is 66.4 Å². The molecule has 0 atom stereocenters. The molecule has 1 aromatic carbocycles. The summed E-state index contributed by atoms with van der Waals surface area (Å²) < 4.78 is 5.83. The number of amidine groups is 2. The van der Waals surface area contributed by atoms with Crippen LogP contribution in [0.4, 0.5) is 0 Å². The first-order valence-corrected chi connectivity index (χ1v) is 10.0. The monoisotopic (exact) mass is 433 g/mol. The highest BCUT2D eigenvalue weighted by Gasteiger charge is 2.36. The van der Waals surface area contributed by atoms with Crippen molar-refractivity contribution in [3.63, 3.8) is 0 Å². The van der Waals surface area contributed by atoms with E-state index >= 15 is 0 Å². The van der Waals surface area contributed by atoms with E-state index in [4.69, 9.17) is 21.4 Å². The number of hydrogen-bond donors (Lipinski definition) is 1. The van der Waals surface area contributed by atoms with Crippen molar-refractivity contribution in [1.82, 2.24) is 9.99 Å². The molecule has 0 bridgehead atoms. The molecule has 2 aromatic heterocycles. The molecule has 0 fully saturated rings. The number of pyridine rings is 1. The molecule has 4 heterocycles. The van der Waals surface area contributed by atoms with Crippen molar-refractivity contribution in [1.29, 1.82) is 5.41 Å². The molecule has 30 heavy (non-hydrogen) atoms. The highest BCUT2D eigenvalue weighted by atomic mass is 35.5. The SMILES string of the molecule is N=C1/C(=C/c2ccc(-c3ccc(Cl)cc3)o2)C(=O)N=C2SC(c3cccnc3)=NN12. The molecule has 1 amide bonds. The van der Waals surface area contributed by atoms with E-state index in [0.717, 1.165) is 11.1 Å². The van der Waals surface area contributed by atoms with Gasteiger partial charge in [-0.2, -0.15) is 15.1 Å². The third-order valence-corrected chi connectivity index (χ3v) is 5.61. The second-order valence-corrected chi connectivity index (χ2v) is 7.77. The van der Waals surface area contributed by atoms with E-state index < -0.39 is 5.91 Å². The number of aliphatic imine (C=N–C) groups is 1. The topological polar surface area (TPSA) is 94.9 Å². The van der Waals surface area contributed by atoms with Crippen LogP contribution in [0.3, 0.4) is 0 Å². The summed E-state index contributed by atoms with van der Waals surface area (Å²) in [6.07, 6.45) is 4.85. The minimum absolute atomic E-state index is 0.0548. The lowest BCUT2D eigenvalue weighted by Crippen LogP contribution is -2.35. The van der Waals surface area contributed by atoms with Crippen LogP contribution >= 0.6 is 23.4 Å². The predicted molar refractivity (Wildman–Crippen MR) is 118 cm³/mol. The number of halogens is 1. The van der Waals surface area contributed by atoms with Crippen LogP contribution in [0, 0.1) is 5.41 Å². The van der Waals surface area contributed by atoms with Gasteiger partial charge in [-0.25, -0.2) is 0 Å². The molecular formula is C21H12ClN5O2S. The predicted octanol–water partition coefficient (Wildman–Crippen LogP) is 4.66. The molecule has 0 spiro atoms. The molecule has 0 saturated heterocycles. The number of aromatic nitrogens is 1. The van der Waals surface area contributed by atoms with Crippen LogP contribution in [0.5, 0.6) is 0 Å². The Labute approximate surface area is 180 Å². The van der Waals surface area contributed by atoms with E-state index in [1.54, 1.807) is 42.7 Å². The highest BCUT2D eigenvalue weighted by molar-refractivity contribution is 8.27. The summed E-state index contributed by atoms with van der Waals surface area (Å²) in [5, 5.41) is 15.9. The first kappa shape index (κ1) is 18.5. The fourth-order valence-electron chi connectivity index (χ4n) is 2.94. The smallest absolute Gasteiger partial charge is 0.283 e. The van der Waals surface area contributed by atoms with Crippen LogP contribution < -0.4 is 0 Å². The van der Waals surface area contributed by atoms with Gasteiger partial charge in [0.05, 0.1) is 5.57 Å². The number of thioether (sulfide) groups is 1. The van der Waals surface area contributed by atoms with Crippen molar-refractivity contribution in [3.8, 4) is 11.3 Å². The van der Waals surface area contributed by atoms with Crippen LogP contribution in [-0.2, 0) is 4.79 Å². The van der Waals surface area contributed by atoms with Gasteiger partial charge in [-0.3, -0.25) is 15.2 Å². The van der Waals surface area contributed by atoms with Gasteiger partial charge in [0.1, 0.15) is 16.6 Å². The number of carbonyl (C=O) groups is 1. The normalized spacial score (nSPS) is 17.2. The summed E-state index contributed by atoms with van der Waals surface area (Å²) in [4.78, 5) is 20.7. The quantitative estimate of drug-likeness (QED) is 0.606. The van der Waals surface area contributed by atoms with Gasteiger partial charge in [0.2, 0.25) is 5.17 Å². The molecule has 0 aliphatic carbocycles. The van der Waals surface area contributed by atoms with Crippen LogP contribution in [0.1, 0.15) is 11.3 Å². The van der Waals surface area contributed by atoms with Crippen molar-refractivity contribution in [2.24, 2.45) is 10.1 Å². The Hall–Kier alpha value is -3.49. The summed E-state index contributed by atoms with van der Waals surface area (Å²) in [6.45, 7) is 0. The number of hydrogen-bond acceptors (Lipinski definition) is 6. The van der Waals surface area contributed by atoms with Crippen LogP contribution in [0.15, 0.2) is 81.0 Å². The minimum atomic E-state index is -0.508. The maximum atomic E-state index is 12.6. The zero-order valence-electron chi connectivity index (χ0n) is 15.2. The Balaban J connectivity index is 1.44. The zero-order chi connectivity index (χ0) is 20.7. The molecule has 146 valence electrons. The first-order valence-electron chi connectivity index (χ1n) is 8.85. The number of hydrazone groups is 1. The molecule has 0 radical (unpaired) electrons. The molecular weight excluding hydrogens is 422 g/mol. The molecule has 9 heteroatoms. The number of carbonyl (C=O) groups excluding carboxylic acids is 1. The van der Waals surface area contributed by atoms with Gasteiger partial charge in [0, 0.05) is 28.5 Å². The molecule has 5 rings (SSSR count). The number of nitrogens with one attached hydrogen (secondary N) is 1. The van der Waals surface area contributed by atoms with Gasteiger partial charge in [-0.1, -0.05) is 11.6 Å². The summed E-state index contributed by atoms with van der Waals surface area (Å²) in [6, 6.07) is 14.4.